The fourth-order valence-corrected chi connectivity index (χ4v) is 12.4. The Morgan fingerprint density at radius 1 is 0.269 bits per heavy atom. The van der Waals surface area contributed by atoms with Gasteiger partial charge < -0.3 is 9.80 Å². The van der Waals surface area contributed by atoms with Gasteiger partial charge in [-0.2, -0.15) is 0 Å². The van der Waals surface area contributed by atoms with E-state index >= 15 is 0 Å². The van der Waals surface area contributed by atoms with Crippen molar-refractivity contribution < 1.29 is 0 Å². The number of hydrogen-bond acceptors (Lipinski definition) is 2. The molecule has 310 valence electrons. The van der Waals surface area contributed by atoms with Crippen molar-refractivity contribution >= 4 is 143 Å². The topological polar surface area (TPSA) is 6.48 Å². The van der Waals surface area contributed by atoms with Gasteiger partial charge in [-0.1, -0.05) is 187 Å². The first kappa shape index (κ1) is 36.9. The van der Waals surface area contributed by atoms with Crippen LogP contribution in [0.15, 0.2) is 212 Å². The zero-order valence-electron chi connectivity index (χ0n) is 37.2. The van der Waals surface area contributed by atoms with Crippen LogP contribution in [0.3, 0.4) is 0 Å². The lowest BCUT2D eigenvalue weighted by Crippen LogP contribution is -2.61. The van der Waals surface area contributed by atoms with Crippen LogP contribution >= 0.6 is 0 Å². The Kier molecular flexibility index (Phi) is 7.47. The number of anilines is 6. The summed E-state index contributed by atoms with van der Waals surface area (Å²) >= 11 is 0. The lowest BCUT2D eigenvalue weighted by molar-refractivity contribution is 1.27. The van der Waals surface area contributed by atoms with Gasteiger partial charge >= 0.3 is 0 Å². The number of aryl methyl sites for hydroxylation is 2. The normalized spacial score (nSPS) is 13.1. The predicted molar refractivity (Wildman–Crippen MR) is 290 cm³/mol. The van der Waals surface area contributed by atoms with Crippen molar-refractivity contribution in [2.45, 2.75) is 13.8 Å². The Balaban J connectivity index is 1.11. The van der Waals surface area contributed by atoms with E-state index in [1.54, 1.807) is 0 Å². The van der Waals surface area contributed by atoms with Crippen molar-refractivity contribution in [1.29, 1.82) is 0 Å². The second-order valence-corrected chi connectivity index (χ2v) is 18.9. The average molecular weight is 849 g/mol. The highest BCUT2D eigenvalue weighted by molar-refractivity contribution is 7.00. The summed E-state index contributed by atoms with van der Waals surface area (Å²) in [4.78, 5) is 5.24. The molecule has 0 amide bonds. The second-order valence-electron chi connectivity index (χ2n) is 18.9. The van der Waals surface area contributed by atoms with Crippen LogP contribution < -0.4 is 26.2 Å². The molecule has 0 aromatic heterocycles. The summed E-state index contributed by atoms with van der Waals surface area (Å²) in [6.45, 7) is 4.39. The van der Waals surface area contributed by atoms with Gasteiger partial charge in [-0.3, -0.25) is 0 Å². The SMILES string of the molecule is Cc1ccc2cc3c(cc2c1)B1c2cc4cc(C)ccc4cc2N(c2cccc4c5ccccc5c5ccccc5c24)c2cccc(c21)N3c1cccc2c3ccccc3c3ccccc3c12. The van der Waals surface area contributed by atoms with Gasteiger partial charge in [0.25, 0.3) is 6.71 Å². The zero-order valence-corrected chi connectivity index (χ0v) is 37.2. The molecule has 2 nitrogen and oxygen atoms in total. The van der Waals surface area contributed by atoms with E-state index in [2.05, 4.69) is 236 Å². The zero-order chi connectivity index (χ0) is 44.1. The van der Waals surface area contributed by atoms with Gasteiger partial charge in [0.2, 0.25) is 0 Å². The first-order valence-corrected chi connectivity index (χ1v) is 23.5. The van der Waals surface area contributed by atoms with Crippen molar-refractivity contribution in [2.75, 3.05) is 9.80 Å². The van der Waals surface area contributed by atoms with Crippen molar-refractivity contribution in [1.82, 2.24) is 0 Å². The Labute approximate surface area is 388 Å². The van der Waals surface area contributed by atoms with Crippen LogP contribution in [0.5, 0.6) is 0 Å². The number of hydrogen-bond donors (Lipinski definition) is 0. The molecule has 0 bridgehead atoms. The van der Waals surface area contributed by atoms with Crippen LogP contribution in [0, 0.1) is 13.8 Å². The quantitative estimate of drug-likeness (QED) is 0.126. The van der Waals surface area contributed by atoms with Crippen LogP contribution in [0.2, 0.25) is 0 Å². The molecule has 0 atom stereocenters. The molecular formula is C64H41BN2. The highest BCUT2D eigenvalue weighted by atomic mass is 15.2. The molecule has 0 aliphatic carbocycles. The third-order valence-electron chi connectivity index (χ3n) is 15.2. The summed E-state index contributed by atoms with van der Waals surface area (Å²) in [5, 5.41) is 20.3. The van der Waals surface area contributed by atoms with Gasteiger partial charge in [-0.15, -0.1) is 0 Å². The second kappa shape index (κ2) is 13.6. The summed E-state index contributed by atoms with van der Waals surface area (Å²) < 4.78 is 0. The first-order chi connectivity index (χ1) is 33.1. The number of fused-ring (bicyclic) bond motifs is 18. The monoisotopic (exact) mass is 848 g/mol. The molecule has 0 saturated heterocycles. The summed E-state index contributed by atoms with van der Waals surface area (Å²) in [7, 11) is 0. The molecule has 15 rings (SSSR count). The summed E-state index contributed by atoms with van der Waals surface area (Å²) in [5.41, 5.74) is 13.7. The Morgan fingerprint density at radius 3 is 1.00 bits per heavy atom. The summed E-state index contributed by atoms with van der Waals surface area (Å²) in [6, 6.07) is 80.7. The van der Waals surface area contributed by atoms with Gasteiger partial charge in [-0.05, 0) is 142 Å². The molecule has 13 aromatic carbocycles. The number of benzene rings is 13. The van der Waals surface area contributed by atoms with Crippen LogP contribution in [0.25, 0.3) is 86.2 Å². The standard InChI is InChI=1S/C64H41BN2/c1-38-28-30-40-36-60-54(34-42(40)32-38)65-55-35-43-33-39(2)29-31-41(43)37-61(55)67(57-25-12-23-53-49-17-6-4-15-45(49)47-19-8-10-21-51(47)63(53)57)59-27-13-26-58(64(59)65)66(60)56-24-11-22-52-48-16-5-3-14-44(48)46-18-7-9-20-50(46)62(52)56/h3-37H,1-2H3. The van der Waals surface area contributed by atoms with Gasteiger partial charge in [0.1, 0.15) is 0 Å². The minimum Gasteiger partial charge on any atom is -0.311 e. The van der Waals surface area contributed by atoms with Crippen molar-refractivity contribution in [2.24, 2.45) is 0 Å². The van der Waals surface area contributed by atoms with E-state index in [9.17, 15) is 0 Å². The summed E-state index contributed by atoms with van der Waals surface area (Å²) in [5.74, 6) is 0. The van der Waals surface area contributed by atoms with Gasteiger partial charge in [-0.25, -0.2) is 0 Å². The highest BCUT2D eigenvalue weighted by Crippen LogP contribution is 2.51. The van der Waals surface area contributed by atoms with E-state index in [4.69, 9.17) is 0 Å². The lowest BCUT2D eigenvalue weighted by Gasteiger charge is -2.44. The Morgan fingerprint density at radius 2 is 0.597 bits per heavy atom. The number of nitrogens with zero attached hydrogens (tertiary/aromatic N) is 2. The molecule has 2 aliphatic heterocycles. The highest BCUT2D eigenvalue weighted by Gasteiger charge is 2.44. The van der Waals surface area contributed by atoms with Gasteiger partial charge in [0.15, 0.2) is 0 Å². The maximum atomic E-state index is 2.62. The maximum Gasteiger partial charge on any atom is 0.252 e. The van der Waals surface area contributed by atoms with E-state index in [1.165, 1.54) is 148 Å². The molecule has 3 heteroatoms. The minimum atomic E-state index is -0.0291. The Bertz CT molecular complexity index is 3970. The lowest BCUT2D eigenvalue weighted by atomic mass is 9.33. The van der Waals surface area contributed by atoms with E-state index in [1.807, 2.05) is 0 Å². The molecule has 0 N–H and O–H groups in total. The van der Waals surface area contributed by atoms with E-state index in [0.29, 0.717) is 0 Å². The minimum absolute atomic E-state index is 0.0291. The third kappa shape index (κ3) is 5.06. The molecule has 0 spiro atoms. The molecule has 0 fully saturated rings. The average Bonchev–Trinajstić information content (AvgIpc) is 3.37. The van der Waals surface area contributed by atoms with Crippen molar-refractivity contribution in [3.05, 3.63) is 223 Å². The molecule has 0 saturated carbocycles. The van der Waals surface area contributed by atoms with Crippen molar-refractivity contribution in [3.8, 4) is 0 Å². The van der Waals surface area contributed by atoms with Gasteiger partial charge in [0, 0.05) is 33.5 Å². The molecule has 2 heterocycles. The van der Waals surface area contributed by atoms with Crippen LogP contribution in [0.1, 0.15) is 11.1 Å². The summed E-state index contributed by atoms with van der Waals surface area (Å²) in [6.07, 6.45) is 0. The first-order valence-electron chi connectivity index (χ1n) is 23.5. The molecule has 13 aromatic rings. The van der Waals surface area contributed by atoms with Crippen LogP contribution in [-0.4, -0.2) is 6.71 Å². The van der Waals surface area contributed by atoms with Crippen LogP contribution in [-0.2, 0) is 0 Å². The molecule has 2 aliphatic rings. The van der Waals surface area contributed by atoms with Crippen molar-refractivity contribution in [3.63, 3.8) is 0 Å². The fourth-order valence-electron chi connectivity index (χ4n) is 12.4. The molecule has 67 heavy (non-hydrogen) atoms. The maximum absolute atomic E-state index is 2.62. The smallest absolute Gasteiger partial charge is 0.252 e. The van der Waals surface area contributed by atoms with Crippen LogP contribution in [0.4, 0.5) is 34.1 Å². The van der Waals surface area contributed by atoms with E-state index in [0.717, 1.165) is 0 Å². The van der Waals surface area contributed by atoms with E-state index in [-0.39, 0.29) is 6.71 Å². The number of rotatable bonds is 2. The fraction of sp³-hybridized carbons (Fsp3) is 0.0312. The molecular weight excluding hydrogens is 808 g/mol. The molecule has 0 radical (unpaired) electrons. The predicted octanol–water partition coefficient (Wildman–Crippen LogP) is 15.6. The van der Waals surface area contributed by atoms with E-state index < -0.39 is 0 Å². The molecule has 0 unspecified atom stereocenters. The Hall–Kier alpha value is -8.40. The largest absolute Gasteiger partial charge is 0.311 e. The third-order valence-corrected chi connectivity index (χ3v) is 15.2. The van der Waals surface area contributed by atoms with Gasteiger partial charge in [0.05, 0.1) is 11.4 Å².